The van der Waals surface area contributed by atoms with Crippen LogP contribution >= 0.6 is 11.3 Å². The average Bonchev–Trinajstić information content (AvgIpc) is 3.26. The first kappa shape index (κ1) is 17.6. The van der Waals surface area contributed by atoms with Crippen LogP contribution < -0.4 is 15.5 Å². The second-order valence-electron chi connectivity index (χ2n) is 6.28. The topological polar surface area (TPSA) is 62.6 Å². The van der Waals surface area contributed by atoms with Crippen molar-refractivity contribution in [3.63, 3.8) is 0 Å². The summed E-state index contributed by atoms with van der Waals surface area (Å²) in [5.74, 6) is -0.131. The number of rotatable bonds is 6. The maximum atomic E-state index is 12.5. The number of hydrogen-bond acceptors (Lipinski definition) is 3. The maximum Gasteiger partial charge on any atom is 0.279 e. The van der Waals surface area contributed by atoms with Gasteiger partial charge in [-0.05, 0) is 36.6 Å². The predicted molar refractivity (Wildman–Crippen MR) is 100 cm³/mol. The Balaban J connectivity index is 1.61. The van der Waals surface area contributed by atoms with Crippen LogP contribution in [0, 0.1) is 0 Å². The molecule has 1 aliphatic heterocycles. The highest BCUT2D eigenvalue weighted by Gasteiger charge is 2.32. The molecular formula is C19H24N3O2S+. The summed E-state index contributed by atoms with van der Waals surface area (Å²) in [5, 5.41) is 7.80. The average molecular weight is 358 g/mol. The molecule has 0 radical (unpaired) electrons. The molecule has 0 bridgehead atoms. The lowest BCUT2D eigenvalue weighted by Gasteiger charge is -2.20. The van der Waals surface area contributed by atoms with E-state index in [0.717, 1.165) is 19.4 Å². The summed E-state index contributed by atoms with van der Waals surface area (Å²) >= 11 is 1.77. The standard InChI is InChI=1S/C19H23N3O2S/c1-2-20-19(24)14-6-3-7-15(12-14)21-18(23)13-22-10-4-8-16(22)17-9-5-11-25-17/h3,5-7,9,11-12,16H,2,4,8,10,13H2,1H3,(H,20,24)(H,21,23)/p+1/t16-/m1/s1. The molecule has 2 aromatic rings. The van der Waals surface area contributed by atoms with Crippen molar-refractivity contribution in [2.24, 2.45) is 0 Å². The van der Waals surface area contributed by atoms with Gasteiger partial charge in [-0.1, -0.05) is 12.1 Å². The first-order valence-corrected chi connectivity index (χ1v) is 9.61. The number of carbonyl (C=O) groups excluding carboxylic acids is 2. The van der Waals surface area contributed by atoms with E-state index in [1.165, 1.54) is 9.78 Å². The van der Waals surface area contributed by atoms with Crippen molar-refractivity contribution in [1.29, 1.82) is 0 Å². The van der Waals surface area contributed by atoms with Crippen molar-refractivity contribution in [3.8, 4) is 0 Å². The molecule has 0 saturated carbocycles. The molecule has 2 amide bonds. The van der Waals surface area contributed by atoms with Gasteiger partial charge in [0.1, 0.15) is 6.04 Å². The van der Waals surface area contributed by atoms with Gasteiger partial charge in [0, 0.05) is 30.6 Å². The summed E-state index contributed by atoms with van der Waals surface area (Å²) in [6.45, 7) is 3.94. The molecule has 1 aromatic heterocycles. The minimum Gasteiger partial charge on any atom is -0.352 e. The van der Waals surface area contributed by atoms with Gasteiger partial charge in [0.15, 0.2) is 6.54 Å². The zero-order chi connectivity index (χ0) is 17.6. The minimum atomic E-state index is -0.124. The molecule has 25 heavy (non-hydrogen) atoms. The van der Waals surface area contributed by atoms with Crippen molar-refractivity contribution in [2.75, 3.05) is 25.0 Å². The Morgan fingerprint density at radius 1 is 1.28 bits per heavy atom. The van der Waals surface area contributed by atoms with Gasteiger partial charge in [-0.2, -0.15) is 0 Å². The van der Waals surface area contributed by atoms with Crippen molar-refractivity contribution in [2.45, 2.75) is 25.8 Å². The zero-order valence-electron chi connectivity index (χ0n) is 14.4. The Morgan fingerprint density at radius 3 is 2.92 bits per heavy atom. The Labute approximate surface area is 152 Å². The molecule has 5 nitrogen and oxygen atoms in total. The first-order chi connectivity index (χ1) is 12.2. The smallest absolute Gasteiger partial charge is 0.279 e. The fraction of sp³-hybridized carbons (Fsp3) is 0.368. The summed E-state index contributed by atoms with van der Waals surface area (Å²) in [5.41, 5.74) is 1.23. The predicted octanol–water partition coefficient (Wildman–Crippen LogP) is 1.86. The highest BCUT2D eigenvalue weighted by molar-refractivity contribution is 7.10. The third kappa shape index (κ3) is 4.46. The Morgan fingerprint density at radius 2 is 2.16 bits per heavy atom. The fourth-order valence-electron chi connectivity index (χ4n) is 3.37. The number of anilines is 1. The molecule has 1 aliphatic rings. The molecule has 1 saturated heterocycles. The number of likely N-dealkylation sites (tertiary alicyclic amines) is 1. The number of benzene rings is 1. The van der Waals surface area contributed by atoms with E-state index >= 15 is 0 Å². The van der Waals surface area contributed by atoms with Crippen LogP contribution in [0.25, 0.3) is 0 Å². The highest BCUT2D eigenvalue weighted by Crippen LogP contribution is 2.23. The van der Waals surface area contributed by atoms with Crippen molar-refractivity contribution >= 4 is 28.8 Å². The van der Waals surface area contributed by atoms with E-state index in [9.17, 15) is 9.59 Å². The van der Waals surface area contributed by atoms with Crippen molar-refractivity contribution in [1.82, 2.24) is 5.32 Å². The van der Waals surface area contributed by atoms with E-state index in [2.05, 4.69) is 28.1 Å². The van der Waals surface area contributed by atoms with Gasteiger partial charge in [-0.25, -0.2) is 0 Å². The number of quaternary nitrogens is 1. The zero-order valence-corrected chi connectivity index (χ0v) is 15.2. The highest BCUT2D eigenvalue weighted by atomic mass is 32.1. The van der Waals surface area contributed by atoms with Crippen molar-refractivity contribution < 1.29 is 14.5 Å². The van der Waals surface area contributed by atoms with E-state index < -0.39 is 0 Å². The van der Waals surface area contributed by atoms with Crippen LogP contribution in [0.3, 0.4) is 0 Å². The minimum absolute atomic E-state index is 0.00786. The van der Waals surface area contributed by atoms with Crippen LogP contribution in [0.15, 0.2) is 41.8 Å². The third-order valence-corrected chi connectivity index (χ3v) is 5.49. The second-order valence-corrected chi connectivity index (χ2v) is 7.26. The molecule has 132 valence electrons. The molecule has 3 rings (SSSR count). The van der Waals surface area contributed by atoms with Gasteiger partial charge in [0.25, 0.3) is 11.8 Å². The van der Waals surface area contributed by atoms with E-state index in [0.29, 0.717) is 30.4 Å². The Kier molecular flexibility index (Phi) is 5.83. The third-order valence-electron chi connectivity index (χ3n) is 4.50. The number of carbonyl (C=O) groups is 2. The lowest BCUT2D eigenvalue weighted by Crippen LogP contribution is -3.11. The van der Waals surface area contributed by atoms with E-state index in [4.69, 9.17) is 0 Å². The molecule has 2 heterocycles. The van der Waals surface area contributed by atoms with Gasteiger partial charge >= 0.3 is 0 Å². The van der Waals surface area contributed by atoms with Crippen LogP contribution in [0.5, 0.6) is 0 Å². The molecular weight excluding hydrogens is 334 g/mol. The number of thiophene rings is 1. The van der Waals surface area contributed by atoms with Gasteiger partial charge in [0.05, 0.1) is 11.4 Å². The van der Waals surface area contributed by atoms with Gasteiger partial charge < -0.3 is 15.5 Å². The first-order valence-electron chi connectivity index (χ1n) is 8.73. The fourth-order valence-corrected chi connectivity index (χ4v) is 4.29. The van der Waals surface area contributed by atoms with E-state index in [-0.39, 0.29) is 11.8 Å². The molecule has 1 unspecified atom stereocenters. The molecule has 3 N–H and O–H groups in total. The second kappa shape index (κ2) is 8.27. The van der Waals surface area contributed by atoms with Crippen LogP contribution in [-0.4, -0.2) is 31.4 Å². The monoisotopic (exact) mass is 358 g/mol. The summed E-state index contributed by atoms with van der Waals surface area (Å²) in [6.07, 6.45) is 2.29. The van der Waals surface area contributed by atoms with Crippen LogP contribution in [0.1, 0.15) is 41.0 Å². The van der Waals surface area contributed by atoms with Gasteiger partial charge in [-0.15, -0.1) is 11.3 Å². The maximum absolute atomic E-state index is 12.5. The molecule has 0 spiro atoms. The summed E-state index contributed by atoms with van der Waals surface area (Å²) in [6, 6.07) is 11.7. The number of nitrogens with one attached hydrogen (secondary N) is 3. The number of hydrogen-bond donors (Lipinski definition) is 3. The largest absolute Gasteiger partial charge is 0.352 e. The van der Waals surface area contributed by atoms with Gasteiger partial charge in [-0.3, -0.25) is 9.59 Å². The van der Waals surface area contributed by atoms with Crippen molar-refractivity contribution in [3.05, 3.63) is 52.2 Å². The summed E-state index contributed by atoms with van der Waals surface area (Å²) in [4.78, 5) is 27.0. The number of amides is 2. The molecule has 1 aromatic carbocycles. The normalized spacial score (nSPS) is 19.6. The molecule has 0 aliphatic carbocycles. The van der Waals surface area contributed by atoms with E-state index in [1.54, 1.807) is 29.5 Å². The quantitative estimate of drug-likeness (QED) is 0.738. The Hall–Kier alpha value is -2.18. The van der Waals surface area contributed by atoms with Gasteiger partial charge in [0.2, 0.25) is 0 Å². The summed E-state index contributed by atoms with van der Waals surface area (Å²) in [7, 11) is 0. The lowest BCUT2D eigenvalue weighted by atomic mass is 10.2. The van der Waals surface area contributed by atoms with Crippen LogP contribution in [0.2, 0.25) is 0 Å². The molecule has 2 atom stereocenters. The lowest BCUT2D eigenvalue weighted by molar-refractivity contribution is -0.910. The molecule has 1 fully saturated rings. The molecule has 6 heteroatoms. The van der Waals surface area contributed by atoms with E-state index in [1.807, 2.05) is 13.0 Å². The van der Waals surface area contributed by atoms with Crippen LogP contribution in [-0.2, 0) is 4.79 Å². The van der Waals surface area contributed by atoms with Crippen LogP contribution in [0.4, 0.5) is 5.69 Å². The Bertz CT molecular complexity index is 730. The SMILES string of the molecule is CCNC(=O)c1cccc(NC(=O)C[NH+]2CCC[C@@H]2c2cccs2)c1. The summed E-state index contributed by atoms with van der Waals surface area (Å²) < 4.78 is 0.